The predicted octanol–water partition coefficient (Wildman–Crippen LogP) is -0.775. The molecule has 3 rings (SSSR count). The number of nitrogens with zero attached hydrogens (tertiary/aromatic N) is 4. The molecule has 0 radical (unpaired) electrons. The number of hydrogen-bond donors (Lipinski definition) is 8. The molecule has 22 heteroatoms. The molecule has 198 valence electrons. The maximum absolute atomic E-state index is 12.3. The van der Waals surface area contributed by atoms with Crippen molar-refractivity contribution in [1.82, 2.24) is 19.5 Å². The van der Waals surface area contributed by atoms with Crippen LogP contribution in [0.4, 0.5) is 0 Å². The Kier molecular flexibility index (Phi) is 7.78. The van der Waals surface area contributed by atoms with E-state index in [9.17, 15) is 43.9 Å². The average Bonchev–Trinajstić information content (AvgIpc) is 3.18. The highest BCUT2D eigenvalue weighted by Crippen LogP contribution is 2.67. The molecule has 0 spiro atoms. The van der Waals surface area contributed by atoms with Gasteiger partial charge in [0.15, 0.2) is 17.4 Å². The lowest BCUT2D eigenvalue weighted by atomic mass is 9.97. The van der Waals surface area contributed by atoms with Crippen LogP contribution in [0, 0.1) is 5.92 Å². The van der Waals surface area contributed by atoms with E-state index in [0.29, 0.717) is 0 Å². The van der Waals surface area contributed by atoms with Gasteiger partial charge in [-0.2, -0.15) is 18.6 Å². The van der Waals surface area contributed by atoms with Crippen LogP contribution in [0.25, 0.3) is 11.2 Å². The van der Waals surface area contributed by atoms with Crippen LogP contribution < -0.4 is 0 Å². The van der Waals surface area contributed by atoms with Crippen molar-refractivity contribution in [3.63, 3.8) is 0 Å². The fourth-order valence-electron chi connectivity index (χ4n) is 3.28. The molecule has 2 aromatic rings. The standard InChI is InChI=1S/C13H21N4O15P3/c1-4(2)8(30-34(25,26)32-35(27,28)31-33(22,23)24)9-6(18)7(19)12(29-9)17-3-14-5-10(17)15-13(21)16-11(5)20/h3-4,6-9,12,18-19H,1-2H3,(H,25,26)(H,27,28)(H2,22,23,24)(H2,15,16,20,21)/t6-,7+,8?,9-,12+/m0/s1. The molecular weight excluding hydrogens is 545 g/mol. The summed E-state index contributed by atoms with van der Waals surface area (Å²) in [4.78, 5) is 47.3. The summed E-state index contributed by atoms with van der Waals surface area (Å²) in [6.07, 6.45) is -7.22. The molecule has 2 aromatic heterocycles. The minimum atomic E-state index is -5.80. The molecule has 0 amide bonds. The molecule has 1 fully saturated rings. The topological polar surface area (TPSA) is 294 Å². The van der Waals surface area contributed by atoms with Gasteiger partial charge in [-0.25, -0.2) is 18.7 Å². The van der Waals surface area contributed by atoms with Gasteiger partial charge >= 0.3 is 29.5 Å². The third-order valence-corrected chi connectivity index (χ3v) is 8.43. The Hall–Kier alpha value is -1.56. The van der Waals surface area contributed by atoms with Crippen LogP contribution in [0.15, 0.2) is 6.33 Å². The second kappa shape index (κ2) is 9.72. The van der Waals surface area contributed by atoms with E-state index in [1.807, 2.05) is 0 Å². The van der Waals surface area contributed by atoms with Crippen LogP contribution in [-0.4, -0.2) is 83.9 Å². The summed E-state index contributed by atoms with van der Waals surface area (Å²) in [6.45, 7) is 2.84. The fraction of sp³-hybridized carbons (Fsp3) is 0.615. The minimum absolute atomic E-state index is 0.190. The fourth-order valence-corrected chi connectivity index (χ4v) is 6.61. The lowest BCUT2D eigenvalue weighted by Gasteiger charge is -2.30. The molecule has 1 aliphatic heterocycles. The van der Waals surface area contributed by atoms with Crippen molar-refractivity contribution < 1.29 is 71.6 Å². The number of aromatic nitrogens is 4. The SMILES string of the molecule is CC(C)C(OP(=O)(O)OP(=O)(O)OP(=O)(O)O)[C@H]1O[C@@H](n2cnc3c(O)nc(O)nc32)[C@H](O)[C@@H]1O. The maximum Gasteiger partial charge on any atom is 0.490 e. The van der Waals surface area contributed by atoms with E-state index in [1.165, 1.54) is 13.8 Å². The van der Waals surface area contributed by atoms with E-state index < -0.39 is 71.9 Å². The monoisotopic (exact) mass is 566 g/mol. The number of phosphoric acid groups is 3. The number of aliphatic hydroxyl groups is 2. The highest BCUT2D eigenvalue weighted by molar-refractivity contribution is 7.66. The first-order valence-electron chi connectivity index (χ1n) is 9.37. The molecular formula is C13H21N4O15P3. The summed E-state index contributed by atoms with van der Waals surface area (Å²) in [5.74, 6) is -1.48. The van der Waals surface area contributed by atoms with Gasteiger partial charge < -0.3 is 44.7 Å². The van der Waals surface area contributed by atoms with Crippen LogP contribution in [0.5, 0.6) is 11.9 Å². The lowest BCUT2D eigenvalue weighted by Crippen LogP contribution is -2.42. The van der Waals surface area contributed by atoms with Gasteiger partial charge in [0.1, 0.15) is 24.4 Å². The Morgan fingerprint density at radius 1 is 1.00 bits per heavy atom. The first-order chi connectivity index (χ1) is 15.9. The molecule has 8 N–H and O–H groups in total. The first kappa shape index (κ1) is 28.0. The van der Waals surface area contributed by atoms with Crippen LogP contribution in [0.3, 0.4) is 0 Å². The van der Waals surface area contributed by atoms with Crippen molar-refractivity contribution in [3.8, 4) is 11.9 Å². The van der Waals surface area contributed by atoms with Gasteiger partial charge in [-0.15, -0.1) is 0 Å². The number of aliphatic hydroxyl groups excluding tert-OH is 2. The van der Waals surface area contributed by atoms with Gasteiger partial charge in [-0.05, 0) is 5.92 Å². The first-order valence-corrected chi connectivity index (χ1v) is 13.9. The molecule has 19 nitrogen and oxygen atoms in total. The molecule has 1 saturated heterocycles. The summed E-state index contributed by atoms with van der Waals surface area (Å²) in [5, 5.41) is 40.4. The molecule has 0 bridgehead atoms. The number of phosphoric ester groups is 1. The maximum atomic E-state index is 12.3. The number of fused-ring (bicyclic) bond motifs is 1. The summed E-state index contributed by atoms with van der Waals surface area (Å²) in [5.41, 5.74) is -0.397. The zero-order chi connectivity index (χ0) is 26.5. The highest BCUT2D eigenvalue weighted by Gasteiger charge is 2.51. The van der Waals surface area contributed by atoms with Gasteiger partial charge in [0.05, 0.1) is 6.33 Å². The summed E-state index contributed by atoms with van der Waals surface area (Å²) >= 11 is 0. The van der Waals surface area contributed by atoms with Crippen molar-refractivity contribution in [1.29, 1.82) is 0 Å². The molecule has 0 aromatic carbocycles. The number of aromatic hydroxyl groups is 2. The Labute approximate surface area is 195 Å². The quantitative estimate of drug-likeness (QED) is 0.173. The largest absolute Gasteiger partial charge is 0.492 e. The highest BCUT2D eigenvalue weighted by atomic mass is 31.3. The van der Waals surface area contributed by atoms with E-state index in [0.717, 1.165) is 10.9 Å². The van der Waals surface area contributed by atoms with Gasteiger partial charge in [0.2, 0.25) is 5.88 Å². The second-order valence-corrected chi connectivity index (χ2v) is 11.9. The Balaban J connectivity index is 1.86. The van der Waals surface area contributed by atoms with Crippen LogP contribution >= 0.6 is 23.5 Å². The van der Waals surface area contributed by atoms with Crippen molar-refractivity contribution in [3.05, 3.63) is 6.33 Å². The van der Waals surface area contributed by atoms with E-state index in [1.54, 1.807) is 0 Å². The van der Waals surface area contributed by atoms with E-state index in [4.69, 9.17) is 19.0 Å². The summed E-state index contributed by atoms with van der Waals surface area (Å²) in [6, 6.07) is -0.839. The predicted molar refractivity (Wildman–Crippen MR) is 108 cm³/mol. The van der Waals surface area contributed by atoms with Crippen molar-refractivity contribution in [2.24, 2.45) is 5.92 Å². The third kappa shape index (κ3) is 6.42. The zero-order valence-corrected chi connectivity index (χ0v) is 20.3. The number of hydrogen-bond acceptors (Lipinski definition) is 14. The van der Waals surface area contributed by atoms with Gasteiger partial charge in [-0.1, -0.05) is 13.8 Å². The average molecular weight is 566 g/mol. The molecule has 35 heavy (non-hydrogen) atoms. The molecule has 3 heterocycles. The lowest BCUT2D eigenvalue weighted by molar-refractivity contribution is -0.0930. The number of imidazole rings is 1. The summed E-state index contributed by atoms with van der Waals surface area (Å²) in [7, 11) is -17.0. The molecule has 7 atom stereocenters. The molecule has 0 saturated carbocycles. The third-order valence-electron chi connectivity index (χ3n) is 4.59. The zero-order valence-electron chi connectivity index (χ0n) is 17.6. The van der Waals surface area contributed by atoms with Crippen molar-refractivity contribution in [2.75, 3.05) is 0 Å². The normalized spacial score (nSPS) is 27.7. The van der Waals surface area contributed by atoms with Crippen LogP contribution in [0.2, 0.25) is 0 Å². The Morgan fingerprint density at radius 3 is 2.20 bits per heavy atom. The van der Waals surface area contributed by atoms with E-state index >= 15 is 0 Å². The summed E-state index contributed by atoms with van der Waals surface area (Å²) < 4.78 is 53.5. The van der Waals surface area contributed by atoms with Crippen molar-refractivity contribution >= 4 is 34.6 Å². The molecule has 3 unspecified atom stereocenters. The van der Waals surface area contributed by atoms with E-state index in [2.05, 4.69) is 23.6 Å². The minimum Gasteiger partial charge on any atom is -0.492 e. The Bertz CT molecular complexity index is 1230. The Morgan fingerprint density at radius 2 is 1.63 bits per heavy atom. The van der Waals surface area contributed by atoms with Gasteiger partial charge in [0, 0.05) is 0 Å². The number of rotatable bonds is 9. The van der Waals surface area contributed by atoms with Crippen LogP contribution in [0.1, 0.15) is 20.1 Å². The van der Waals surface area contributed by atoms with Gasteiger partial charge in [0.25, 0.3) is 0 Å². The second-order valence-electron chi connectivity index (χ2n) is 7.55. The van der Waals surface area contributed by atoms with Crippen molar-refractivity contribution in [2.45, 2.75) is 44.5 Å². The smallest absolute Gasteiger partial charge is 0.490 e. The molecule has 1 aliphatic rings. The molecule has 0 aliphatic carbocycles. The van der Waals surface area contributed by atoms with E-state index in [-0.39, 0.29) is 11.2 Å². The van der Waals surface area contributed by atoms with Gasteiger partial charge in [-0.3, -0.25) is 9.09 Å². The number of ether oxygens (including phenoxy) is 1. The van der Waals surface area contributed by atoms with Crippen LogP contribution in [-0.2, 0) is 31.6 Å².